The van der Waals surface area contributed by atoms with Crippen LogP contribution in [0.1, 0.15) is 37.6 Å². The molecule has 0 spiro atoms. The predicted molar refractivity (Wildman–Crippen MR) is 92.2 cm³/mol. The summed E-state index contributed by atoms with van der Waals surface area (Å²) >= 11 is 0. The molecule has 0 bridgehead atoms. The summed E-state index contributed by atoms with van der Waals surface area (Å²) in [4.78, 5) is 14.0. The fourth-order valence-corrected chi connectivity index (χ4v) is 2.83. The van der Waals surface area contributed by atoms with Gasteiger partial charge < -0.3 is 14.7 Å². The van der Waals surface area contributed by atoms with E-state index in [4.69, 9.17) is 4.74 Å². The van der Waals surface area contributed by atoms with Crippen molar-refractivity contribution >= 4 is 5.91 Å². The first-order valence-electron chi connectivity index (χ1n) is 8.49. The van der Waals surface area contributed by atoms with Crippen molar-refractivity contribution in [3.8, 4) is 5.75 Å². The molecule has 1 aromatic heterocycles. The van der Waals surface area contributed by atoms with E-state index in [-0.39, 0.29) is 25.1 Å². The molecule has 1 aromatic carbocycles. The number of hydrogen-bond acceptors (Lipinski definition) is 5. The average Bonchev–Trinajstić information content (AvgIpc) is 3.22. The van der Waals surface area contributed by atoms with Gasteiger partial charge in [0.2, 0.25) is 0 Å². The number of aliphatic hydroxyl groups is 1. The Balaban J connectivity index is 1.59. The van der Waals surface area contributed by atoms with Crippen LogP contribution in [-0.2, 0) is 10.4 Å². The van der Waals surface area contributed by atoms with Crippen LogP contribution < -0.4 is 4.74 Å². The lowest BCUT2D eigenvalue weighted by atomic mass is 10.00. The number of aryl methyl sites for hydroxylation is 1. The van der Waals surface area contributed by atoms with Gasteiger partial charge in [-0.3, -0.25) is 4.79 Å². The van der Waals surface area contributed by atoms with E-state index in [9.17, 15) is 9.90 Å². The van der Waals surface area contributed by atoms with Gasteiger partial charge in [0.1, 0.15) is 17.0 Å². The van der Waals surface area contributed by atoms with Gasteiger partial charge in [-0.2, -0.15) is 0 Å². The van der Waals surface area contributed by atoms with Crippen LogP contribution in [0.3, 0.4) is 0 Å². The standard InChI is InChI=1S/C18H24N4O3/c1-13(2)22-10-16(19-20-22)18(24)8-9-21(12-18)17(23)11-25-15-6-4-14(3)5-7-15/h4-7,10,13,24H,8-9,11-12H2,1-3H3. The third kappa shape index (κ3) is 3.82. The summed E-state index contributed by atoms with van der Waals surface area (Å²) in [6.07, 6.45) is 2.20. The second kappa shape index (κ2) is 6.84. The Kier molecular flexibility index (Phi) is 4.76. The first-order chi connectivity index (χ1) is 11.9. The van der Waals surface area contributed by atoms with Crippen molar-refractivity contribution in [2.24, 2.45) is 0 Å². The maximum absolute atomic E-state index is 12.4. The summed E-state index contributed by atoms with van der Waals surface area (Å²) in [5.41, 5.74) is 0.501. The van der Waals surface area contributed by atoms with Crippen LogP contribution in [0.5, 0.6) is 5.75 Å². The largest absolute Gasteiger partial charge is 0.484 e. The minimum absolute atomic E-state index is 0.0438. The molecule has 1 aliphatic rings. The predicted octanol–water partition coefficient (Wildman–Crippen LogP) is 1.67. The molecule has 134 valence electrons. The van der Waals surface area contributed by atoms with E-state index >= 15 is 0 Å². The number of likely N-dealkylation sites (tertiary alicyclic amines) is 1. The van der Waals surface area contributed by atoms with Crippen molar-refractivity contribution in [1.82, 2.24) is 19.9 Å². The molecule has 1 saturated heterocycles. The number of rotatable bonds is 5. The fraction of sp³-hybridized carbons (Fsp3) is 0.500. The van der Waals surface area contributed by atoms with Gasteiger partial charge in [0, 0.05) is 19.0 Å². The van der Waals surface area contributed by atoms with Gasteiger partial charge in [-0.05, 0) is 32.9 Å². The van der Waals surface area contributed by atoms with Crippen LogP contribution >= 0.6 is 0 Å². The molecule has 7 nitrogen and oxygen atoms in total. The Bertz CT molecular complexity index is 741. The lowest BCUT2D eigenvalue weighted by Gasteiger charge is -2.21. The maximum atomic E-state index is 12.4. The SMILES string of the molecule is Cc1ccc(OCC(=O)N2CCC(O)(c3cn(C(C)C)nn3)C2)cc1. The number of ether oxygens (including phenoxy) is 1. The second-order valence-corrected chi connectivity index (χ2v) is 6.88. The van der Waals surface area contributed by atoms with E-state index in [1.165, 1.54) is 0 Å². The summed E-state index contributed by atoms with van der Waals surface area (Å²) in [5.74, 6) is 0.515. The van der Waals surface area contributed by atoms with Crippen LogP contribution in [-0.4, -0.2) is 50.6 Å². The monoisotopic (exact) mass is 344 g/mol. The molecular weight excluding hydrogens is 320 g/mol. The highest BCUT2D eigenvalue weighted by Gasteiger charge is 2.42. The van der Waals surface area contributed by atoms with Gasteiger partial charge in [0.05, 0.1) is 12.7 Å². The zero-order chi connectivity index (χ0) is 18.0. The van der Waals surface area contributed by atoms with Crippen LogP contribution in [0.4, 0.5) is 0 Å². The van der Waals surface area contributed by atoms with Gasteiger partial charge >= 0.3 is 0 Å². The molecule has 7 heteroatoms. The number of β-amino-alcohol motifs (C(OH)–C–C–N with tert-alkyl or cyclic N) is 1. The van der Waals surface area contributed by atoms with Gasteiger partial charge in [0.25, 0.3) is 5.91 Å². The van der Waals surface area contributed by atoms with Crippen molar-refractivity contribution in [3.05, 3.63) is 41.7 Å². The van der Waals surface area contributed by atoms with Gasteiger partial charge in [-0.15, -0.1) is 5.10 Å². The summed E-state index contributed by atoms with van der Waals surface area (Å²) in [6, 6.07) is 7.73. The third-order valence-corrected chi connectivity index (χ3v) is 4.50. The normalized spacial score (nSPS) is 20.3. The van der Waals surface area contributed by atoms with Gasteiger partial charge in [0.15, 0.2) is 6.61 Å². The second-order valence-electron chi connectivity index (χ2n) is 6.88. The van der Waals surface area contributed by atoms with Crippen LogP contribution in [0.25, 0.3) is 0 Å². The molecule has 0 aliphatic carbocycles. The Morgan fingerprint density at radius 3 is 2.72 bits per heavy atom. The van der Waals surface area contributed by atoms with E-state index < -0.39 is 5.60 Å². The lowest BCUT2D eigenvalue weighted by Crippen LogP contribution is -2.37. The minimum atomic E-state index is -1.15. The molecule has 1 fully saturated rings. The van der Waals surface area contributed by atoms with E-state index in [1.807, 2.05) is 45.0 Å². The first kappa shape index (κ1) is 17.4. The van der Waals surface area contributed by atoms with Crippen molar-refractivity contribution in [3.63, 3.8) is 0 Å². The molecule has 1 amide bonds. The number of benzene rings is 1. The Labute approximate surface area is 147 Å². The number of nitrogens with zero attached hydrogens (tertiary/aromatic N) is 4. The topological polar surface area (TPSA) is 80.5 Å². The smallest absolute Gasteiger partial charge is 0.260 e. The van der Waals surface area contributed by atoms with E-state index in [1.54, 1.807) is 15.8 Å². The number of carbonyl (C=O) groups excluding carboxylic acids is 1. The minimum Gasteiger partial charge on any atom is -0.484 e. The first-order valence-corrected chi connectivity index (χ1v) is 8.49. The number of amides is 1. The third-order valence-electron chi connectivity index (χ3n) is 4.50. The van der Waals surface area contributed by atoms with Crippen molar-refractivity contribution in [2.75, 3.05) is 19.7 Å². The summed E-state index contributed by atoms with van der Waals surface area (Å²) in [7, 11) is 0. The molecule has 1 N–H and O–H groups in total. The molecule has 1 atom stereocenters. The molecule has 0 saturated carbocycles. The van der Waals surface area contributed by atoms with Crippen LogP contribution in [0.15, 0.2) is 30.5 Å². The van der Waals surface area contributed by atoms with Crippen LogP contribution in [0, 0.1) is 6.92 Å². The lowest BCUT2D eigenvalue weighted by molar-refractivity contribution is -0.133. The van der Waals surface area contributed by atoms with Crippen molar-refractivity contribution < 1.29 is 14.6 Å². The molecule has 0 radical (unpaired) electrons. The average molecular weight is 344 g/mol. The summed E-state index contributed by atoms with van der Waals surface area (Å²) in [5, 5.41) is 19.0. The Morgan fingerprint density at radius 1 is 1.36 bits per heavy atom. The van der Waals surface area contributed by atoms with Gasteiger partial charge in [-0.1, -0.05) is 22.9 Å². The highest BCUT2D eigenvalue weighted by molar-refractivity contribution is 5.78. The van der Waals surface area contributed by atoms with Crippen molar-refractivity contribution in [1.29, 1.82) is 0 Å². The summed E-state index contributed by atoms with van der Waals surface area (Å²) < 4.78 is 7.25. The van der Waals surface area contributed by atoms with E-state index in [0.29, 0.717) is 24.4 Å². The molecule has 1 unspecified atom stereocenters. The molecule has 2 aromatic rings. The van der Waals surface area contributed by atoms with E-state index in [0.717, 1.165) is 5.56 Å². The molecule has 1 aliphatic heterocycles. The number of aromatic nitrogens is 3. The zero-order valence-corrected chi connectivity index (χ0v) is 14.8. The summed E-state index contributed by atoms with van der Waals surface area (Å²) in [6.45, 7) is 6.62. The van der Waals surface area contributed by atoms with Crippen LogP contribution in [0.2, 0.25) is 0 Å². The zero-order valence-electron chi connectivity index (χ0n) is 14.8. The highest BCUT2D eigenvalue weighted by Crippen LogP contribution is 2.30. The molecule has 25 heavy (non-hydrogen) atoms. The molecular formula is C18H24N4O3. The number of hydrogen-bond donors (Lipinski definition) is 1. The number of carbonyl (C=O) groups is 1. The fourth-order valence-electron chi connectivity index (χ4n) is 2.83. The van der Waals surface area contributed by atoms with Crippen molar-refractivity contribution in [2.45, 2.75) is 38.8 Å². The Hall–Kier alpha value is -2.41. The quantitative estimate of drug-likeness (QED) is 0.892. The highest BCUT2D eigenvalue weighted by atomic mass is 16.5. The van der Waals surface area contributed by atoms with E-state index in [2.05, 4.69) is 10.3 Å². The van der Waals surface area contributed by atoms with Gasteiger partial charge in [-0.25, -0.2) is 4.68 Å². The maximum Gasteiger partial charge on any atom is 0.260 e. The Morgan fingerprint density at radius 2 is 2.08 bits per heavy atom. The molecule has 2 heterocycles. The molecule has 3 rings (SSSR count).